The van der Waals surface area contributed by atoms with Gasteiger partial charge in [-0.3, -0.25) is 14.9 Å². The normalized spacial score (nSPS) is 10.7. The Morgan fingerprint density at radius 2 is 1.68 bits per heavy atom. The van der Waals surface area contributed by atoms with Crippen molar-refractivity contribution in [3.8, 4) is 17.0 Å². The predicted molar refractivity (Wildman–Crippen MR) is 146 cm³/mol. The molecule has 0 aliphatic heterocycles. The molecule has 0 unspecified atom stereocenters. The average molecular weight is 570 g/mol. The number of pyridine rings is 1. The maximum atomic E-state index is 11.7. The molecule has 0 atom stereocenters. The molecule has 14 heteroatoms. The summed E-state index contributed by atoms with van der Waals surface area (Å²) in [5.74, 6) is 0.706. The Bertz CT molecular complexity index is 1530. The van der Waals surface area contributed by atoms with Crippen LogP contribution in [0.2, 0.25) is 0 Å². The lowest BCUT2D eigenvalue weighted by Crippen LogP contribution is -2.28. The quantitative estimate of drug-likeness (QED) is 0.121. The highest BCUT2D eigenvalue weighted by atomic mass is 32.2. The molecule has 3 N–H and O–H groups in total. The molecule has 210 valence electrons. The highest BCUT2D eigenvalue weighted by Crippen LogP contribution is 2.22. The van der Waals surface area contributed by atoms with Crippen LogP contribution in [0.4, 0.5) is 15.4 Å². The Balaban J connectivity index is 0.000000371. The molecular formula is C26H27N5O8S. The highest BCUT2D eigenvalue weighted by molar-refractivity contribution is 7.85. The minimum Gasteiger partial charge on any atom is -0.432 e. The highest BCUT2D eigenvalue weighted by Gasteiger charge is 2.09. The number of methoxy groups -OCH3 is 1. The van der Waals surface area contributed by atoms with E-state index in [9.17, 15) is 18.0 Å². The van der Waals surface area contributed by atoms with E-state index in [4.69, 9.17) is 18.8 Å². The molecule has 0 bridgehead atoms. The predicted octanol–water partition coefficient (Wildman–Crippen LogP) is 3.93. The van der Waals surface area contributed by atoms with Gasteiger partial charge in [0.25, 0.3) is 10.1 Å². The van der Waals surface area contributed by atoms with Gasteiger partial charge >= 0.3 is 12.2 Å². The van der Waals surface area contributed by atoms with Gasteiger partial charge in [0.2, 0.25) is 0 Å². The molecule has 2 heterocycles. The fourth-order valence-corrected chi connectivity index (χ4v) is 3.55. The van der Waals surface area contributed by atoms with E-state index in [1.807, 2.05) is 6.92 Å². The number of fused-ring (bicyclic) bond motifs is 1. The number of benzene rings is 2. The molecule has 4 rings (SSSR count). The maximum absolute atomic E-state index is 11.7. The first kappa shape index (κ1) is 29.9. The van der Waals surface area contributed by atoms with Crippen LogP contribution < -0.4 is 15.4 Å². The van der Waals surface area contributed by atoms with E-state index in [-0.39, 0.29) is 17.5 Å². The first-order valence-electron chi connectivity index (χ1n) is 11.8. The van der Waals surface area contributed by atoms with E-state index in [1.165, 1.54) is 19.2 Å². The van der Waals surface area contributed by atoms with Gasteiger partial charge in [-0.25, -0.2) is 19.6 Å². The van der Waals surface area contributed by atoms with Gasteiger partial charge in [0.15, 0.2) is 5.65 Å². The molecular weight excluding hydrogens is 542 g/mol. The van der Waals surface area contributed by atoms with Gasteiger partial charge in [0, 0.05) is 19.2 Å². The second-order valence-electron chi connectivity index (χ2n) is 7.78. The van der Waals surface area contributed by atoms with Crippen LogP contribution in [-0.4, -0.2) is 67.0 Å². The van der Waals surface area contributed by atoms with Gasteiger partial charge in [0.05, 0.1) is 23.4 Å². The number of urea groups is 1. The van der Waals surface area contributed by atoms with Gasteiger partial charge in [-0.15, -0.1) is 0 Å². The van der Waals surface area contributed by atoms with Crippen molar-refractivity contribution >= 4 is 39.3 Å². The van der Waals surface area contributed by atoms with Crippen molar-refractivity contribution in [1.82, 2.24) is 20.3 Å². The smallest absolute Gasteiger partial charge is 0.432 e. The Morgan fingerprint density at radius 1 is 0.950 bits per heavy atom. The molecule has 0 aliphatic carbocycles. The minimum absolute atomic E-state index is 0.0741. The standard InChI is InChI=1S/C20H21N5O5.C6H6O3S/c1-3-21-19(26)25-17-9-8-15-18(24-17)23-16(12-22-15)13-4-6-14(7-5-13)30-20(27)29-11-10-28-2;7-10(8,9)6-4-2-1-3-5-6/h4-9,12H,3,10-11H2,1-2H3,(H2,21,23,24,25,26);1-5H,(H,7,8,9). The van der Waals surface area contributed by atoms with Crippen molar-refractivity contribution in [2.24, 2.45) is 0 Å². The lowest BCUT2D eigenvalue weighted by atomic mass is 10.1. The summed E-state index contributed by atoms with van der Waals surface area (Å²) in [5, 5.41) is 5.28. The molecule has 0 radical (unpaired) electrons. The zero-order chi connectivity index (χ0) is 29.0. The van der Waals surface area contributed by atoms with Crippen molar-refractivity contribution in [2.45, 2.75) is 11.8 Å². The molecule has 0 fully saturated rings. The second kappa shape index (κ2) is 14.5. The molecule has 0 saturated carbocycles. The molecule has 0 aliphatic rings. The molecule has 2 aromatic heterocycles. The van der Waals surface area contributed by atoms with Crippen LogP contribution in [0.5, 0.6) is 5.75 Å². The zero-order valence-electron chi connectivity index (χ0n) is 21.6. The van der Waals surface area contributed by atoms with Crippen LogP contribution in [0.15, 0.2) is 77.8 Å². The van der Waals surface area contributed by atoms with Crippen LogP contribution >= 0.6 is 0 Å². The Hall–Kier alpha value is -4.66. The number of rotatable bonds is 8. The van der Waals surface area contributed by atoms with Crippen molar-refractivity contribution in [3.63, 3.8) is 0 Å². The number of aromatic nitrogens is 3. The number of anilines is 1. The largest absolute Gasteiger partial charge is 0.513 e. The summed E-state index contributed by atoms with van der Waals surface area (Å²) in [6.07, 6.45) is 0.817. The summed E-state index contributed by atoms with van der Waals surface area (Å²) in [5.41, 5.74) is 2.33. The van der Waals surface area contributed by atoms with Crippen molar-refractivity contribution < 1.29 is 36.8 Å². The van der Waals surface area contributed by atoms with Crippen LogP contribution in [0.1, 0.15) is 6.92 Å². The second-order valence-corrected chi connectivity index (χ2v) is 9.21. The lowest BCUT2D eigenvalue weighted by molar-refractivity contribution is 0.0685. The number of nitrogens with one attached hydrogen (secondary N) is 2. The zero-order valence-corrected chi connectivity index (χ0v) is 22.4. The third-order valence-corrected chi connectivity index (χ3v) is 5.75. The van der Waals surface area contributed by atoms with Crippen molar-refractivity contribution in [3.05, 3.63) is 72.9 Å². The van der Waals surface area contributed by atoms with Gasteiger partial charge in [-0.2, -0.15) is 8.42 Å². The van der Waals surface area contributed by atoms with E-state index in [0.717, 1.165) is 5.56 Å². The monoisotopic (exact) mass is 569 g/mol. The van der Waals surface area contributed by atoms with Crippen LogP contribution in [0.25, 0.3) is 22.4 Å². The first-order valence-corrected chi connectivity index (χ1v) is 13.3. The summed E-state index contributed by atoms with van der Waals surface area (Å²) >= 11 is 0. The minimum atomic E-state index is -4.00. The van der Waals surface area contributed by atoms with Crippen molar-refractivity contribution in [2.75, 3.05) is 32.2 Å². The average Bonchev–Trinajstić information content (AvgIpc) is 2.94. The number of carbonyl (C=O) groups excluding carboxylic acids is 2. The topological polar surface area (TPSA) is 179 Å². The van der Waals surface area contributed by atoms with Gasteiger partial charge < -0.3 is 19.5 Å². The first-order chi connectivity index (χ1) is 19.2. The number of carbonyl (C=O) groups is 2. The molecule has 0 spiro atoms. The van der Waals surface area contributed by atoms with E-state index in [2.05, 4.69) is 25.6 Å². The fourth-order valence-electron chi connectivity index (χ4n) is 3.05. The molecule has 0 saturated heterocycles. The third kappa shape index (κ3) is 9.27. The number of hydrogen-bond acceptors (Lipinski definition) is 10. The lowest BCUT2D eigenvalue weighted by Gasteiger charge is -2.08. The third-order valence-electron chi connectivity index (χ3n) is 4.89. The van der Waals surface area contributed by atoms with Crippen molar-refractivity contribution in [1.29, 1.82) is 0 Å². The van der Waals surface area contributed by atoms with Gasteiger partial charge in [-0.05, 0) is 55.5 Å². The summed E-state index contributed by atoms with van der Waals surface area (Å²) < 4.78 is 44.0. The Morgan fingerprint density at radius 3 is 2.30 bits per heavy atom. The van der Waals surface area contributed by atoms with E-state index in [1.54, 1.807) is 60.8 Å². The summed E-state index contributed by atoms with van der Waals surface area (Å²) in [6, 6.07) is 17.2. The number of ether oxygens (including phenoxy) is 3. The molecule has 40 heavy (non-hydrogen) atoms. The van der Waals surface area contributed by atoms with Crippen LogP contribution in [0.3, 0.4) is 0 Å². The van der Waals surface area contributed by atoms with Crippen LogP contribution in [-0.2, 0) is 19.6 Å². The Kier molecular flexibility index (Phi) is 10.8. The number of nitrogens with zero attached hydrogens (tertiary/aromatic N) is 3. The molecule has 4 aromatic rings. The molecule has 13 nitrogen and oxygen atoms in total. The van der Waals surface area contributed by atoms with Gasteiger partial charge in [-0.1, -0.05) is 18.2 Å². The fraction of sp³-hybridized carbons (Fsp3) is 0.192. The van der Waals surface area contributed by atoms with E-state index in [0.29, 0.717) is 41.6 Å². The summed E-state index contributed by atoms with van der Waals surface area (Å²) in [6.45, 7) is 2.74. The summed E-state index contributed by atoms with van der Waals surface area (Å²) in [7, 11) is -2.49. The molecule has 2 amide bonds. The van der Waals surface area contributed by atoms with E-state index >= 15 is 0 Å². The van der Waals surface area contributed by atoms with Gasteiger partial charge in [0.1, 0.15) is 23.7 Å². The van der Waals surface area contributed by atoms with Crippen LogP contribution in [0, 0.1) is 0 Å². The maximum Gasteiger partial charge on any atom is 0.513 e. The van der Waals surface area contributed by atoms with E-state index < -0.39 is 16.3 Å². The number of amides is 2. The number of hydrogen-bond donors (Lipinski definition) is 3. The molecule has 2 aromatic carbocycles. The summed E-state index contributed by atoms with van der Waals surface area (Å²) in [4.78, 5) is 36.4. The Labute approximate surface area is 230 Å². The SMILES string of the molecule is CCNC(=O)Nc1ccc2ncc(-c3ccc(OC(=O)OCCOC)cc3)nc2n1.O=S(=O)(O)c1ccccc1.